The number of hydrogen-bond donors (Lipinski definition) is 0. The van der Waals surface area contributed by atoms with Gasteiger partial charge in [-0.05, 0) is 43.2 Å². The van der Waals surface area contributed by atoms with Gasteiger partial charge in [-0.25, -0.2) is 0 Å². The summed E-state index contributed by atoms with van der Waals surface area (Å²) in [5.41, 5.74) is 1.20. The molecular formula is C17H17BrO2. The second-order valence-corrected chi connectivity index (χ2v) is 5.99. The molecule has 1 unspecified atom stereocenters. The molecule has 0 saturated heterocycles. The normalized spacial score (nSPS) is 22.7. The Morgan fingerprint density at radius 2 is 1.90 bits per heavy atom. The third kappa shape index (κ3) is 3.10. The van der Waals surface area contributed by atoms with E-state index in [2.05, 4.69) is 15.9 Å². The van der Waals surface area contributed by atoms with Gasteiger partial charge in [-0.1, -0.05) is 46.3 Å². The van der Waals surface area contributed by atoms with Gasteiger partial charge in [-0.15, -0.1) is 0 Å². The minimum Gasteiger partial charge on any atom is -0.497 e. The van der Waals surface area contributed by atoms with Crippen LogP contribution in [0.4, 0.5) is 0 Å². The summed E-state index contributed by atoms with van der Waals surface area (Å²) in [6, 6.07) is 7.74. The van der Waals surface area contributed by atoms with Crippen LogP contribution < -0.4 is 4.74 Å². The van der Waals surface area contributed by atoms with Gasteiger partial charge in [0.2, 0.25) is 0 Å². The van der Waals surface area contributed by atoms with Gasteiger partial charge < -0.3 is 4.74 Å². The molecule has 0 aliphatic heterocycles. The predicted octanol–water partition coefficient (Wildman–Crippen LogP) is 4.52. The first-order chi connectivity index (χ1) is 9.44. The van der Waals surface area contributed by atoms with E-state index in [0.717, 1.165) is 21.4 Å². The fraction of sp³-hybridized carbons (Fsp3) is 0.235. The summed E-state index contributed by atoms with van der Waals surface area (Å²) in [4.78, 5) is 12.3. The SMILES string of the molecule is COc1ccc(/C=C/C2(C)C=C(Br)C=C(C)C2=O)cc1. The number of Topliss-reactive ketones (excluding diaryl/α,β-unsaturated/α-hetero) is 1. The number of rotatable bonds is 3. The highest BCUT2D eigenvalue weighted by molar-refractivity contribution is 9.11. The number of benzene rings is 1. The second kappa shape index (κ2) is 5.80. The molecule has 0 amide bonds. The lowest BCUT2D eigenvalue weighted by molar-refractivity contribution is -0.120. The molecule has 1 aromatic rings. The standard InChI is InChI=1S/C17H17BrO2/c1-12-10-14(18)11-17(2,16(12)19)9-8-13-4-6-15(20-3)7-5-13/h4-11H,1-3H3/b9-8+. The van der Waals surface area contributed by atoms with E-state index in [0.29, 0.717) is 0 Å². The maximum atomic E-state index is 12.3. The fourth-order valence-electron chi connectivity index (χ4n) is 2.20. The summed E-state index contributed by atoms with van der Waals surface area (Å²) in [7, 11) is 1.64. The molecule has 3 heteroatoms. The van der Waals surface area contributed by atoms with E-state index in [1.54, 1.807) is 7.11 Å². The van der Waals surface area contributed by atoms with Crippen molar-refractivity contribution in [1.82, 2.24) is 0 Å². The molecule has 0 bridgehead atoms. The number of ketones is 1. The summed E-state index contributed by atoms with van der Waals surface area (Å²) in [6.07, 6.45) is 7.69. The molecule has 0 spiro atoms. The van der Waals surface area contributed by atoms with Crippen molar-refractivity contribution in [2.75, 3.05) is 7.11 Å². The summed E-state index contributed by atoms with van der Waals surface area (Å²) >= 11 is 3.46. The zero-order valence-corrected chi connectivity index (χ0v) is 13.4. The van der Waals surface area contributed by atoms with E-state index in [9.17, 15) is 4.79 Å². The number of halogens is 1. The van der Waals surface area contributed by atoms with Crippen molar-refractivity contribution < 1.29 is 9.53 Å². The summed E-state index contributed by atoms with van der Waals surface area (Å²) < 4.78 is 6.07. The molecule has 0 radical (unpaired) electrons. The van der Waals surface area contributed by atoms with E-state index in [-0.39, 0.29) is 5.78 Å². The van der Waals surface area contributed by atoms with E-state index in [4.69, 9.17) is 4.74 Å². The first kappa shape index (κ1) is 14.8. The number of allylic oxidation sites excluding steroid dienone is 5. The van der Waals surface area contributed by atoms with Crippen LogP contribution in [0, 0.1) is 5.41 Å². The van der Waals surface area contributed by atoms with Crippen molar-refractivity contribution in [2.24, 2.45) is 5.41 Å². The highest BCUT2D eigenvalue weighted by atomic mass is 79.9. The molecule has 20 heavy (non-hydrogen) atoms. The molecule has 0 aromatic heterocycles. The third-order valence-corrected chi connectivity index (χ3v) is 3.84. The molecule has 1 aliphatic rings. The largest absolute Gasteiger partial charge is 0.497 e. The van der Waals surface area contributed by atoms with Crippen LogP contribution in [0.5, 0.6) is 5.75 Å². The molecule has 0 heterocycles. The van der Waals surface area contributed by atoms with Gasteiger partial charge in [0.25, 0.3) is 0 Å². The first-order valence-corrected chi connectivity index (χ1v) is 7.19. The average Bonchev–Trinajstić information content (AvgIpc) is 2.43. The quantitative estimate of drug-likeness (QED) is 0.813. The summed E-state index contributed by atoms with van der Waals surface area (Å²) in [5.74, 6) is 0.953. The maximum absolute atomic E-state index is 12.3. The van der Waals surface area contributed by atoms with Crippen molar-refractivity contribution in [3.63, 3.8) is 0 Å². The molecule has 2 nitrogen and oxygen atoms in total. The smallest absolute Gasteiger partial charge is 0.172 e. The minimum absolute atomic E-state index is 0.130. The Labute approximate surface area is 128 Å². The highest BCUT2D eigenvalue weighted by Gasteiger charge is 2.31. The van der Waals surface area contributed by atoms with Crippen molar-refractivity contribution in [3.05, 3.63) is 58.1 Å². The zero-order chi connectivity index (χ0) is 14.8. The van der Waals surface area contributed by atoms with Crippen molar-refractivity contribution >= 4 is 27.8 Å². The lowest BCUT2D eigenvalue weighted by Crippen LogP contribution is -2.26. The van der Waals surface area contributed by atoms with E-state index in [1.807, 2.05) is 62.4 Å². The third-order valence-electron chi connectivity index (χ3n) is 3.38. The molecule has 2 rings (SSSR count). The topological polar surface area (TPSA) is 26.3 Å². The molecule has 0 saturated carbocycles. The number of methoxy groups -OCH3 is 1. The van der Waals surface area contributed by atoms with Gasteiger partial charge in [0.05, 0.1) is 12.5 Å². The number of carbonyl (C=O) groups excluding carboxylic acids is 1. The van der Waals surface area contributed by atoms with Crippen LogP contribution in [0.1, 0.15) is 19.4 Å². The van der Waals surface area contributed by atoms with E-state index < -0.39 is 5.41 Å². The Kier molecular flexibility index (Phi) is 4.29. The van der Waals surface area contributed by atoms with Gasteiger partial charge in [0, 0.05) is 4.48 Å². The van der Waals surface area contributed by atoms with Crippen molar-refractivity contribution in [2.45, 2.75) is 13.8 Å². The minimum atomic E-state index is -0.600. The summed E-state index contributed by atoms with van der Waals surface area (Å²) in [5, 5.41) is 0. The van der Waals surface area contributed by atoms with Gasteiger partial charge in [-0.3, -0.25) is 4.79 Å². The number of ether oxygens (including phenoxy) is 1. The van der Waals surface area contributed by atoms with Crippen LogP contribution in [0.25, 0.3) is 6.08 Å². The van der Waals surface area contributed by atoms with Crippen LogP contribution in [-0.4, -0.2) is 12.9 Å². The van der Waals surface area contributed by atoms with Crippen LogP contribution in [0.15, 0.2) is 52.5 Å². The lowest BCUT2D eigenvalue weighted by atomic mass is 9.78. The van der Waals surface area contributed by atoms with Gasteiger partial charge in [-0.2, -0.15) is 0 Å². The predicted molar refractivity (Wildman–Crippen MR) is 85.9 cm³/mol. The Morgan fingerprint density at radius 1 is 1.25 bits per heavy atom. The first-order valence-electron chi connectivity index (χ1n) is 6.39. The molecule has 1 atom stereocenters. The Bertz CT molecular complexity index is 608. The van der Waals surface area contributed by atoms with Crippen LogP contribution >= 0.6 is 15.9 Å². The van der Waals surface area contributed by atoms with Gasteiger partial charge >= 0.3 is 0 Å². The number of hydrogen-bond acceptors (Lipinski definition) is 2. The van der Waals surface area contributed by atoms with Crippen LogP contribution in [0.3, 0.4) is 0 Å². The second-order valence-electron chi connectivity index (χ2n) is 5.07. The molecule has 1 aliphatic carbocycles. The molecule has 0 N–H and O–H groups in total. The van der Waals surface area contributed by atoms with Crippen LogP contribution in [0.2, 0.25) is 0 Å². The fourth-order valence-corrected chi connectivity index (χ4v) is 3.02. The molecule has 1 aromatic carbocycles. The average molecular weight is 333 g/mol. The lowest BCUT2D eigenvalue weighted by Gasteiger charge is -2.24. The van der Waals surface area contributed by atoms with Gasteiger partial charge in [0.1, 0.15) is 5.75 Å². The van der Waals surface area contributed by atoms with Crippen molar-refractivity contribution in [3.8, 4) is 5.75 Å². The van der Waals surface area contributed by atoms with Crippen LogP contribution in [-0.2, 0) is 4.79 Å². The molecular weight excluding hydrogens is 316 g/mol. The van der Waals surface area contributed by atoms with E-state index >= 15 is 0 Å². The highest BCUT2D eigenvalue weighted by Crippen LogP contribution is 2.34. The summed E-state index contributed by atoms with van der Waals surface area (Å²) in [6.45, 7) is 3.77. The Morgan fingerprint density at radius 3 is 2.50 bits per heavy atom. The maximum Gasteiger partial charge on any atom is 0.172 e. The molecule has 104 valence electrons. The Balaban J connectivity index is 2.25. The zero-order valence-electron chi connectivity index (χ0n) is 11.8. The monoisotopic (exact) mass is 332 g/mol. The Hall–Kier alpha value is -1.61. The molecule has 0 fully saturated rings. The van der Waals surface area contributed by atoms with Gasteiger partial charge in [0.15, 0.2) is 5.78 Å². The van der Waals surface area contributed by atoms with Crippen molar-refractivity contribution in [1.29, 1.82) is 0 Å². The number of carbonyl (C=O) groups is 1. The van der Waals surface area contributed by atoms with E-state index in [1.165, 1.54) is 0 Å².